The standard InChI is InChI=1S/C18H23NO2/c1-18(11-4-2-5-12-18)19-17(21)16-10-7-9-15(14-16)8-3-6-13-20/h7,9-10,14,20H,2,4-6,11-13H2,1H3,(H,19,21). The van der Waals surface area contributed by atoms with Crippen LogP contribution in [0.1, 0.15) is 61.4 Å². The van der Waals surface area contributed by atoms with Crippen LogP contribution in [-0.2, 0) is 0 Å². The van der Waals surface area contributed by atoms with Crippen LogP contribution in [0.15, 0.2) is 24.3 Å². The van der Waals surface area contributed by atoms with Crippen molar-refractivity contribution in [3.05, 3.63) is 35.4 Å². The number of nitrogens with one attached hydrogen (secondary N) is 1. The molecule has 0 bridgehead atoms. The molecule has 2 rings (SSSR count). The van der Waals surface area contributed by atoms with Gasteiger partial charge < -0.3 is 10.4 Å². The molecule has 2 N–H and O–H groups in total. The summed E-state index contributed by atoms with van der Waals surface area (Å²) in [5, 5.41) is 11.9. The Hall–Kier alpha value is -1.79. The van der Waals surface area contributed by atoms with Crippen LogP contribution < -0.4 is 5.32 Å². The topological polar surface area (TPSA) is 49.3 Å². The van der Waals surface area contributed by atoms with Crippen molar-refractivity contribution >= 4 is 5.91 Å². The van der Waals surface area contributed by atoms with E-state index in [1.165, 1.54) is 19.3 Å². The highest BCUT2D eigenvalue weighted by Gasteiger charge is 2.28. The van der Waals surface area contributed by atoms with Crippen molar-refractivity contribution in [1.82, 2.24) is 5.32 Å². The molecule has 3 nitrogen and oxygen atoms in total. The van der Waals surface area contributed by atoms with Crippen molar-refractivity contribution in [1.29, 1.82) is 0 Å². The summed E-state index contributed by atoms with van der Waals surface area (Å²) < 4.78 is 0. The molecule has 21 heavy (non-hydrogen) atoms. The second-order valence-electron chi connectivity index (χ2n) is 5.93. The third-order valence-electron chi connectivity index (χ3n) is 3.97. The minimum Gasteiger partial charge on any atom is -0.395 e. The number of carbonyl (C=O) groups is 1. The van der Waals surface area contributed by atoms with Gasteiger partial charge >= 0.3 is 0 Å². The molecule has 0 atom stereocenters. The first-order valence-corrected chi connectivity index (χ1v) is 7.65. The summed E-state index contributed by atoms with van der Waals surface area (Å²) in [5.41, 5.74) is 1.39. The van der Waals surface area contributed by atoms with Crippen LogP contribution in [0.25, 0.3) is 0 Å². The van der Waals surface area contributed by atoms with E-state index in [4.69, 9.17) is 5.11 Å². The highest BCUT2D eigenvalue weighted by Crippen LogP contribution is 2.27. The van der Waals surface area contributed by atoms with Crippen LogP contribution in [-0.4, -0.2) is 23.2 Å². The summed E-state index contributed by atoms with van der Waals surface area (Å²) in [6.07, 6.45) is 6.19. The fraction of sp³-hybridized carbons (Fsp3) is 0.500. The number of aliphatic hydroxyl groups is 1. The van der Waals surface area contributed by atoms with Crippen LogP contribution >= 0.6 is 0 Å². The van der Waals surface area contributed by atoms with E-state index >= 15 is 0 Å². The predicted molar refractivity (Wildman–Crippen MR) is 84.0 cm³/mol. The molecule has 1 saturated carbocycles. The smallest absolute Gasteiger partial charge is 0.251 e. The molecule has 1 amide bonds. The predicted octanol–water partition coefficient (Wildman–Crippen LogP) is 2.87. The molecule has 0 aromatic heterocycles. The van der Waals surface area contributed by atoms with Crippen molar-refractivity contribution in [2.45, 2.75) is 51.0 Å². The fourth-order valence-corrected chi connectivity index (χ4v) is 2.76. The van der Waals surface area contributed by atoms with Gasteiger partial charge in [-0.1, -0.05) is 37.2 Å². The van der Waals surface area contributed by atoms with E-state index in [0.717, 1.165) is 18.4 Å². The highest BCUT2D eigenvalue weighted by atomic mass is 16.2. The van der Waals surface area contributed by atoms with E-state index in [9.17, 15) is 4.79 Å². The van der Waals surface area contributed by atoms with Crippen LogP contribution in [0.3, 0.4) is 0 Å². The summed E-state index contributed by atoms with van der Waals surface area (Å²) in [6, 6.07) is 7.36. The van der Waals surface area contributed by atoms with Gasteiger partial charge in [-0.05, 0) is 38.0 Å². The second kappa shape index (κ2) is 7.28. The minimum atomic E-state index is -0.0755. The number of rotatable bonds is 3. The summed E-state index contributed by atoms with van der Waals surface area (Å²) in [4.78, 5) is 12.4. The van der Waals surface area contributed by atoms with E-state index in [-0.39, 0.29) is 18.1 Å². The Morgan fingerprint density at radius 1 is 1.33 bits per heavy atom. The van der Waals surface area contributed by atoms with Crippen LogP contribution in [0.5, 0.6) is 0 Å². The van der Waals surface area contributed by atoms with Gasteiger partial charge in [-0.3, -0.25) is 4.79 Å². The quantitative estimate of drug-likeness (QED) is 0.839. The highest BCUT2D eigenvalue weighted by molar-refractivity contribution is 5.95. The zero-order valence-electron chi connectivity index (χ0n) is 12.6. The number of benzene rings is 1. The zero-order chi connectivity index (χ0) is 15.1. The lowest BCUT2D eigenvalue weighted by atomic mass is 9.83. The molecule has 0 aliphatic heterocycles. The number of aliphatic hydroxyl groups excluding tert-OH is 1. The van der Waals surface area contributed by atoms with Gasteiger partial charge in [0.05, 0.1) is 6.61 Å². The third kappa shape index (κ3) is 4.61. The van der Waals surface area contributed by atoms with Crippen molar-refractivity contribution in [2.75, 3.05) is 6.61 Å². The lowest BCUT2D eigenvalue weighted by Gasteiger charge is -2.34. The lowest BCUT2D eigenvalue weighted by Crippen LogP contribution is -2.47. The van der Waals surface area contributed by atoms with Crippen molar-refractivity contribution < 1.29 is 9.90 Å². The molecule has 0 heterocycles. The number of hydrogen-bond acceptors (Lipinski definition) is 2. The first-order valence-electron chi connectivity index (χ1n) is 7.65. The molecule has 112 valence electrons. The monoisotopic (exact) mass is 285 g/mol. The number of amides is 1. The van der Waals surface area contributed by atoms with Crippen LogP contribution in [0.4, 0.5) is 0 Å². The van der Waals surface area contributed by atoms with Crippen molar-refractivity contribution in [3.8, 4) is 11.8 Å². The molecule has 0 unspecified atom stereocenters. The molecule has 1 aliphatic carbocycles. The van der Waals surface area contributed by atoms with Crippen LogP contribution in [0, 0.1) is 11.8 Å². The lowest BCUT2D eigenvalue weighted by molar-refractivity contribution is 0.0882. The first-order chi connectivity index (χ1) is 10.1. The average Bonchev–Trinajstić information content (AvgIpc) is 2.48. The summed E-state index contributed by atoms with van der Waals surface area (Å²) in [5.74, 6) is 5.82. The Labute approximate surface area is 126 Å². The third-order valence-corrected chi connectivity index (χ3v) is 3.97. The molecule has 0 spiro atoms. The van der Waals surface area contributed by atoms with E-state index in [1.54, 1.807) is 0 Å². The minimum absolute atomic E-state index is 0.0230. The number of carbonyl (C=O) groups excluding carboxylic acids is 1. The normalized spacial score (nSPS) is 16.7. The Kier molecular flexibility index (Phi) is 5.41. The summed E-state index contributed by atoms with van der Waals surface area (Å²) >= 11 is 0. The molecule has 1 aromatic rings. The van der Waals surface area contributed by atoms with Gasteiger partial charge in [-0.2, -0.15) is 0 Å². The van der Waals surface area contributed by atoms with Gasteiger partial charge in [0.2, 0.25) is 0 Å². The molecule has 1 aliphatic rings. The maximum absolute atomic E-state index is 12.4. The summed E-state index contributed by atoms with van der Waals surface area (Å²) in [7, 11) is 0. The summed E-state index contributed by atoms with van der Waals surface area (Å²) in [6.45, 7) is 2.19. The second-order valence-corrected chi connectivity index (χ2v) is 5.93. The van der Waals surface area contributed by atoms with Gasteiger partial charge in [-0.25, -0.2) is 0 Å². The maximum atomic E-state index is 12.4. The molecule has 1 fully saturated rings. The SMILES string of the molecule is CC1(NC(=O)c2cccc(C#CCCO)c2)CCCCC1. The molecular formula is C18H23NO2. The first kappa shape index (κ1) is 15.6. The Balaban J connectivity index is 2.05. The van der Waals surface area contributed by atoms with E-state index in [2.05, 4.69) is 24.1 Å². The van der Waals surface area contributed by atoms with Crippen LogP contribution in [0.2, 0.25) is 0 Å². The molecule has 1 aromatic carbocycles. The molecular weight excluding hydrogens is 262 g/mol. The van der Waals surface area contributed by atoms with E-state index < -0.39 is 0 Å². The Bertz CT molecular complexity index is 548. The zero-order valence-corrected chi connectivity index (χ0v) is 12.6. The van der Waals surface area contributed by atoms with E-state index in [0.29, 0.717) is 12.0 Å². The van der Waals surface area contributed by atoms with Crippen molar-refractivity contribution in [3.63, 3.8) is 0 Å². The average molecular weight is 285 g/mol. The fourth-order valence-electron chi connectivity index (χ4n) is 2.76. The number of hydrogen-bond donors (Lipinski definition) is 2. The van der Waals surface area contributed by atoms with Crippen molar-refractivity contribution in [2.24, 2.45) is 0 Å². The van der Waals surface area contributed by atoms with Gasteiger partial charge in [0, 0.05) is 23.1 Å². The maximum Gasteiger partial charge on any atom is 0.251 e. The van der Waals surface area contributed by atoms with Gasteiger partial charge in [0.25, 0.3) is 5.91 Å². The Morgan fingerprint density at radius 2 is 2.10 bits per heavy atom. The largest absolute Gasteiger partial charge is 0.395 e. The van der Waals surface area contributed by atoms with Gasteiger partial charge in [0.15, 0.2) is 0 Å². The van der Waals surface area contributed by atoms with E-state index in [1.807, 2.05) is 24.3 Å². The molecule has 0 radical (unpaired) electrons. The Morgan fingerprint density at radius 3 is 2.81 bits per heavy atom. The molecule has 0 saturated heterocycles. The van der Waals surface area contributed by atoms with Gasteiger partial charge in [0.1, 0.15) is 0 Å². The molecule has 3 heteroatoms. The van der Waals surface area contributed by atoms with Gasteiger partial charge in [-0.15, -0.1) is 0 Å².